The van der Waals surface area contributed by atoms with Gasteiger partial charge in [0.25, 0.3) is 0 Å². The van der Waals surface area contributed by atoms with Crippen LogP contribution in [0.5, 0.6) is 0 Å². The van der Waals surface area contributed by atoms with Gasteiger partial charge in [-0.2, -0.15) is 0 Å². The summed E-state index contributed by atoms with van der Waals surface area (Å²) < 4.78 is 2.06. The van der Waals surface area contributed by atoms with E-state index < -0.39 is 12.1 Å². The van der Waals surface area contributed by atoms with Crippen LogP contribution in [0.4, 0.5) is 0 Å². The van der Waals surface area contributed by atoms with Crippen molar-refractivity contribution < 1.29 is 15.0 Å². The Bertz CT molecular complexity index is 436. The molecule has 1 aromatic heterocycles. The summed E-state index contributed by atoms with van der Waals surface area (Å²) >= 11 is 0. The van der Waals surface area contributed by atoms with E-state index in [0.29, 0.717) is 12.8 Å². The number of aromatic nitrogens is 1. The maximum Gasteiger partial charge on any atom is 0.303 e. The van der Waals surface area contributed by atoms with Crippen molar-refractivity contribution in [1.82, 2.24) is 4.57 Å². The minimum atomic E-state index is -0.756. The molecule has 2 rings (SSSR count). The van der Waals surface area contributed by atoms with Crippen molar-refractivity contribution in [3.8, 4) is 0 Å². The number of carboxylic acid groups (broad SMARTS) is 1. The Kier molecular flexibility index (Phi) is 3.24. The molecule has 0 aliphatic heterocycles. The standard InChI is InChI=1S/C13H19NO3/c1-8-7-14(2)10-5-9(3-4-12(16)17)6-11(15)13(8)10/h7,9,11,15H,3-6H2,1-2H3,(H,16,17). The second-order valence-corrected chi connectivity index (χ2v) is 5.04. The van der Waals surface area contributed by atoms with E-state index in [1.54, 1.807) is 0 Å². The number of carbonyl (C=O) groups is 1. The second-order valence-electron chi connectivity index (χ2n) is 5.04. The number of aliphatic hydroxyl groups is 1. The first-order valence-corrected chi connectivity index (χ1v) is 6.03. The molecule has 0 spiro atoms. The van der Waals surface area contributed by atoms with E-state index in [4.69, 9.17) is 5.11 Å². The first-order valence-electron chi connectivity index (χ1n) is 6.03. The largest absolute Gasteiger partial charge is 0.481 e. The highest BCUT2D eigenvalue weighted by atomic mass is 16.4. The highest BCUT2D eigenvalue weighted by Gasteiger charge is 2.29. The molecule has 4 nitrogen and oxygen atoms in total. The van der Waals surface area contributed by atoms with Crippen molar-refractivity contribution in [3.05, 3.63) is 23.0 Å². The van der Waals surface area contributed by atoms with Crippen LogP contribution in [0.2, 0.25) is 0 Å². The SMILES string of the molecule is Cc1cn(C)c2c1C(O)CC(CCC(=O)O)C2. The minimum Gasteiger partial charge on any atom is -0.481 e. The summed E-state index contributed by atoms with van der Waals surface area (Å²) in [7, 11) is 1.98. The Morgan fingerprint density at radius 2 is 2.29 bits per heavy atom. The van der Waals surface area contributed by atoms with E-state index in [0.717, 1.165) is 23.2 Å². The van der Waals surface area contributed by atoms with Crippen molar-refractivity contribution in [2.24, 2.45) is 13.0 Å². The minimum absolute atomic E-state index is 0.191. The Balaban J connectivity index is 2.15. The zero-order valence-electron chi connectivity index (χ0n) is 10.3. The van der Waals surface area contributed by atoms with Gasteiger partial charge in [-0.3, -0.25) is 4.79 Å². The summed E-state index contributed by atoms with van der Waals surface area (Å²) in [6, 6.07) is 0. The van der Waals surface area contributed by atoms with Gasteiger partial charge >= 0.3 is 5.97 Å². The molecule has 0 bridgehead atoms. The monoisotopic (exact) mass is 237 g/mol. The van der Waals surface area contributed by atoms with Crippen molar-refractivity contribution in [1.29, 1.82) is 0 Å². The molecule has 2 atom stereocenters. The fraction of sp³-hybridized carbons (Fsp3) is 0.615. The lowest BCUT2D eigenvalue weighted by Gasteiger charge is -2.27. The third-order valence-electron chi connectivity index (χ3n) is 3.69. The maximum absolute atomic E-state index is 10.6. The van der Waals surface area contributed by atoms with Crippen LogP contribution < -0.4 is 0 Å². The Morgan fingerprint density at radius 1 is 1.59 bits per heavy atom. The van der Waals surface area contributed by atoms with Crippen LogP contribution in [0.15, 0.2) is 6.20 Å². The number of aliphatic hydroxyl groups excluding tert-OH is 1. The van der Waals surface area contributed by atoms with E-state index in [1.807, 2.05) is 20.2 Å². The fourth-order valence-corrected chi connectivity index (χ4v) is 2.90. The summed E-state index contributed by atoms with van der Waals surface area (Å²) in [5.41, 5.74) is 3.35. The van der Waals surface area contributed by atoms with E-state index >= 15 is 0 Å². The van der Waals surface area contributed by atoms with Crippen molar-refractivity contribution in [2.75, 3.05) is 0 Å². The lowest BCUT2D eigenvalue weighted by atomic mass is 9.82. The highest BCUT2D eigenvalue weighted by Crippen LogP contribution is 2.37. The predicted molar refractivity (Wildman–Crippen MR) is 63.8 cm³/mol. The smallest absolute Gasteiger partial charge is 0.303 e. The normalized spacial score (nSPS) is 23.5. The van der Waals surface area contributed by atoms with Gasteiger partial charge in [-0.1, -0.05) is 0 Å². The van der Waals surface area contributed by atoms with E-state index in [9.17, 15) is 9.90 Å². The molecule has 4 heteroatoms. The van der Waals surface area contributed by atoms with E-state index in [1.165, 1.54) is 0 Å². The maximum atomic E-state index is 10.6. The fourth-order valence-electron chi connectivity index (χ4n) is 2.90. The lowest BCUT2D eigenvalue weighted by Crippen LogP contribution is -2.20. The summed E-state index contributed by atoms with van der Waals surface area (Å²) in [6.07, 6.45) is 4.01. The van der Waals surface area contributed by atoms with Gasteiger partial charge in [0, 0.05) is 30.9 Å². The van der Waals surface area contributed by atoms with Gasteiger partial charge in [0.15, 0.2) is 0 Å². The van der Waals surface area contributed by atoms with Crippen molar-refractivity contribution in [3.63, 3.8) is 0 Å². The van der Waals surface area contributed by atoms with Gasteiger partial charge < -0.3 is 14.8 Å². The molecule has 0 radical (unpaired) electrons. The van der Waals surface area contributed by atoms with Crippen LogP contribution in [0.1, 0.15) is 42.2 Å². The summed E-state index contributed by atoms with van der Waals surface area (Å²) in [5, 5.41) is 18.8. The lowest BCUT2D eigenvalue weighted by molar-refractivity contribution is -0.137. The molecule has 0 saturated heterocycles. The Hall–Kier alpha value is -1.29. The number of rotatable bonds is 3. The molecule has 0 saturated carbocycles. The molecule has 94 valence electrons. The van der Waals surface area contributed by atoms with Crippen LogP contribution in [-0.4, -0.2) is 20.7 Å². The molecule has 2 N–H and O–H groups in total. The van der Waals surface area contributed by atoms with E-state index in [-0.39, 0.29) is 12.3 Å². The molecule has 17 heavy (non-hydrogen) atoms. The summed E-state index contributed by atoms with van der Waals surface area (Å²) in [5.74, 6) is -0.477. The molecule has 0 amide bonds. The van der Waals surface area contributed by atoms with Crippen LogP contribution in [-0.2, 0) is 18.3 Å². The third-order valence-corrected chi connectivity index (χ3v) is 3.69. The molecule has 1 aliphatic carbocycles. The van der Waals surface area contributed by atoms with Crippen molar-refractivity contribution in [2.45, 2.75) is 38.7 Å². The zero-order valence-corrected chi connectivity index (χ0v) is 10.3. The van der Waals surface area contributed by atoms with Crippen LogP contribution in [0.3, 0.4) is 0 Å². The Morgan fingerprint density at radius 3 is 2.94 bits per heavy atom. The third kappa shape index (κ3) is 2.36. The highest BCUT2D eigenvalue weighted by molar-refractivity contribution is 5.66. The van der Waals surface area contributed by atoms with Crippen LogP contribution in [0.25, 0.3) is 0 Å². The van der Waals surface area contributed by atoms with Gasteiger partial charge in [0.1, 0.15) is 0 Å². The molecule has 0 fully saturated rings. The average Bonchev–Trinajstić information content (AvgIpc) is 2.52. The number of aryl methyl sites for hydroxylation is 2. The quantitative estimate of drug-likeness (QED) is 0.842. The van der Waals surface area contributed by atoms with Gasteiger partial charge in [0.2, 0.25) is 0 Å². The average molecular weight is 237 g/mol. The number of nitrogens with zero attached hydrogens (tertiary/aromatic N) is 1. The number of carboxylic acids is 1. The Labute approximate surface area is 101 Å². The van der Waals surface area contributed by atoms with Crippen LogP contribution >= 0.6 is 0 Å². The van der Waals surface area contributed by atoms with Gasteiger partial charge in [-0.25, -0.2) is 0 Å². The molecule has 0 aromatic carbocycles. The zero-order chi connectivity index (χ0) is 12.6. The number of hydrogen-bond donors (Lipinski definition) is 2. The number of fused-ring (bicyclic) bond motifs is 1. The molecular formula is C13H19NO3. The first-order chi connectivity index (χ1) is 7.99. The summed E-state index contributed by atoms with van der Waals surface area (Å²) in [6.45, 7) is 2.01. The van der Waals surface area contributed by atoms with E-state index in [2.05, 4.69) is 4.57 Å². The molecule has 1 aliphatic rings. The van der Waals surface area contributed by atoms with Gasteiger partial charge in [-0.05, 0) is 37.7 Å². The second kappa shape index (κ2) is 4.53. The molecule has 1 aromatic rings. The molecule has 1 heterocycles. The summed E-state index contributed by atoms with van der Waals surface area (Å²) in [4.78, 5) is 10.6. The van der Waals surface area contributed by atoms with Crippen LogP contribution in [0, 0.1) is 12.8 Å². The first kappa shape index (κ1) is 12.2. The number of aliphatic carboxylic acids is 1. The topological polar surface area (TPSA) is 62.5 Å². The van der Waals surface area contributed by atoms with Crippen molar-refractivity contribution >= 4 is 5.97 Å². The molecule has 2 unspecified atom stereocenters. The molecular weight excluding hydrogens is 218 g/mol. The predicted octanol–water partition coefficient (Wildman–Crippen LogP) is 1.79. The van der Waals surface area contributed by atoms with Gasteiger partial charge in [-0.15, -0.1) is 0 Å². The van der Waals surface area contributed by atoms with Gasteiger partial charge in [0.05, 0.1) is 6.10 Å². The number of hydrogen-bond acceptors (Lipinski definition) is 2.